The molecule has 0 radical (unpaired) electrons. The Bertz CT molecular complexity index is 1560. The number of ether oxygens (including phenoxy) is 1. The van der Waals surface area contributed by atoms with Crippen LogP contribution in [-0.2, 0) is 23.9 Å². The van der Waals surface area contributed by atoms with Crippen molar-refractivity contribution in [1.82, 2.24) is 15.1 Å². The lowest BCUT2D eigenvalue weighted by atomic mass is 9.90. The molecule has 0 spiro atoms. The molecule has 1 N–H and O–H groups in total. The van der Waals surface area contributed by atoms with Crippen molar-refractivity contribution in [3.63, 3.8) is 0 Å². The van der Waals surface area contributed by atoms with Crippen molar-refractivity contribution in [3.05, 3.63) is 136 Å². The van der Waals surface area contributed by atoms with E-state index in [-0.39, 0.29) is 29.8 Å². The number of hydrogen-bond acceptors (Lipinski definition) is 5. The van der Waals surface area contributed by atoms with Crippen LogP contribution >= 0.6 is 23.4 Å². The number of hydrogen-bond donors (Lipinski definition) is 1. The van der Waals surface area contributed by atoms with Crippen molar-refractivity contribution in [2.75, 3.05) is 57.4 Å². The Morgan fingerprint density at radius 3 is 2.27 bits per heavy atom. The van der Waals surface area contributed by atoms with E-state index in [1.165, 1.54) is 6.07 Å². The minimum atomic E-state index is -4.54. The highest BCUT2D eigenvalue weighted by atomic mass is 35.5. The van der Waals surface area contributed by atoms with E-state index in [1.807, 2.05) is 72.4 Å². The zero-order chi connectivity index (χ0) is 34.5. The van der Waals surface area contributed by atoms with Crippen molar-refractivity contribution < 1.29 is 22.7 Å². The van der Waals surface area contributed by atoms with Gasteiger partial charge in [-0.25, -0.2) is 0 Å². The molecule has 4 aromatic rings. The van der Waals surface area contributed by atoms with Gasteiger partial charge in [-0.1, -0.05) is 96.5 Å². The number of rotatable bonds is 16. The number of nitrogens with zero attached hydrogens (tertiary/aromatic N) is 2. The van der Waals surface area contributed by atoms with Crippen molar-refractivity contribution in [1.29, 1.82) is 0 Å². The van der Waals surface area contributed by atoms with Gasteiger partial charge in [-0.2, -0.15) is 24.9 Å². The largest absolute Gasteiger partial charge is 0.494 e. The molecule has 0 saturated carbocycles. The fourth-order valence-electron chi connectivity index (χ4n) is 6.08. The topological polar surface area (TPSA) is 44.8 Å². The molecular formula is C39H43ClF3N3O2S. The zero-order valence-electron chi connectivity index (χ0n) is 27.5. The normalized spacial score (nSPS) is 13.9. The monoisotopic (exact) mass is 709 g/mol. The molecule has 49 heavy (non-hydrogen) atoms. The molecule has 1 saturated heterocycles. The summed E-state index contributed by atoms with van der Waals surface area (Å²) in [4.78, 5) is 17.1. The molecule has 0 bridgehead atoms. The molecule has 5 rings (SSSR count). The number of halogens is 4. The molecule has 0 unspecified atom stereocenters. The van der Waals surface area contributed by atoms with Gasteiger partial charge in [0, 0.05) is 63.2 Å². The fourth-order valence-corrected chi connectivity index (χ4v) is 7.35. The Morgan fingerprint density at radius 2 is 1.59 bits per heavy atom. The van der Waals surface area contributed by atoms with E-state index in [0.717, 1.165) is 53.9 Å². The molecule has 1 fully saturated rings. The maximum Gasteiger partial charge on any atom is 0.417 e. The molecule has 0 aromatic heterocycles. The Hall–Kier alpha value is -3.50. The molecule has 0 aliphatic carbocycles. The van der Waals surface area contributed by atoms with Gasteiger partial charge in [-0.05, 0) is 46.9 Å². The minimum absolute atomic E-state index is 0.00502. The number of alkyl halides is 3. The predicted molar refractivity (Wildman–Crippen MR) is 193 cm³/mol. The first-order valence-electron chi connectivity index (χ1n) is 16.7. The quantitative estimate of drug-likeness (QED) is 0.119. The predicted octanol–water partition coefficient (Wildman–Crippen LogP) is 8.17. The second-order valence-corrected chi connectivity index (χ2v) is 13.8. The van der Waals surface area contributed by atoms with Gasteiger partial charge >= 0.3 is 6.18 Å². The van der Waals surface area contributed by atoms with Crippen LogP contribution in [0.1, 0.15) is 40.2 Å². The summed E-state index contributed by atoms with van der Waals surface area (Å²) >= 11 is 8.33. The van der Waals surface area contributed by atoms with Crippen LogP contribution in [0.5, 0.6) is 5.75 Å². The lowest BCUT2D eigenvalue weighted by molar-refractivity contribution is -0.137. The summed E-state index contributed by atoms with van der Waals surface area (Å²) in [7, 11) is 0. The molecule has 4 aromatic carbocycles. The summed E-state index contributed by atoms with van der Waals surface area (Å²) in [5, 5.41) is 2.77. The number of benzene rings is 4. The third-order valence-electron chi connectivity index (χ3n) is 8.63. The van der Waals surface area contributed by atoms with Gasteiger partial charge in [0.15, 0.2) is 0 Å². The standard InChI is InChI=1S/C39H43ClF3N3O2S/c40-38-33(15-8-17-36(38)39(41,42)43)28-46(29-35(31-11-3-1-4-12-31)32-13-5-2-6-14-32)19-9-23-48-34-16-7-10-30(26-34)27-37(47)44-18-20-45-21-24-49-25-22-45/h1-8,10-17,26,35H,9,18-25,27-29H2,(H,44,47). The number of carbonyl (C=O) groups is 1. The maximum absolute atomic E-state index is 13.7. The Balaban J connectivity index is 1.22. The Labute approximate surface area is 296 Å². The van der Waals surface area contributed by atoms with Crippen LogP contribution < -0.4 is 10.1 Å². The lowest BCUT2D eigenvalue weighted by Gasteiger charge is -2.29. The molecule has 0 atom stereocenters. The molecule has 260 valence electrons. The van der Waals surface area contributed by atoms with E-state index in [4.69, 9.17) is 16.3 Å². The van der Waals surface area contributed by atoms with Crippen LogP contribution in [0, 0.1) is 0 Å². The number of amides is 1. The van der Waals surface area contributed by atoms with Gasteiger partial charge in [0.2, 0.25) is 5.91 Å². The smallest absolute Gasteiger partial charge is 0.417 e. The molecule has 1 amide bonds. The van der Waals surface area contributed by atoms with Crippen LogP contribution in [0.3, 0.4) is 0 Å². The summed E-state index contributed by atoms with van der Waals surface area (Å²) in [6, 6.07) is 31.9. The van der Waals surface area contributed by atoms with E-state index < -0.39 is 11.7 Å². The summed E-state index contributed by atoms with van der Waals surface area (Å²) in [5.74, 6) is 2.94. The molecule has 1 heterocycles. The first-order valence-corrected chi connectivity index (χ1v) is 18.2. The van der Waals surface area contributed by atoms with Crippen molar-refractivity contribution >= 4 is 29.3 Å². The van der Waals surface area contributed by atoms with E-state index in [9.17, 15) is 18.0 Å². The third-order valence-corrected chi connectivity index (χ3v) is 10.0. The molecule has 1 aliphatic heterocycles. The number of carbonyl (C=O) groups excluding carboxylic acids is 1. The van der Waals surface area contributed by atoms with Crippen molar-refractivity contribution in [2.45, 2.75) is 31.5 Å². The van der Waals surface area contributed by atoms with Crippen LogP contribution in [0.2, 0.25) is 5.02 Å². The summed E-state index contributed by atoms with van der Waals surface area (Å²) in [6.07, 6.45) is -3.63. The van der Waals surface area contributed by atoms with Gasteiger partial charge in [0.1, 0.15) is 5.75 Å². The summed E-state index contributed by atoms with van der Waals surface area (Å²) in [6.45, 7) is 5.43. The highest BCUT2D eigenvalue weighted by Crippen LogP contribution is 2.37. The van der Waals surface area contributed by atoms with E-state index >= 15 is 0 Å². The van der Waals surface area contributed by atoms with E-state index in [1.54, 1.807) is 6.07 Å². The third kappa shape index (κ3) is 11.5. The number of nitrogens with one attached hydrogen (secondary N) is 1. The van der Waals surface area contributed by atoms with E-state index in [0.29, 0.717) is 44.0 Å². The minimum Gasteiger partial charge on any atom is -0.494 e. The molecule has 10 heteroatoms. The maximum atomic E-state index is 13.7. The summed E-state index contributed by atoms with van der Waals surface area (Å²) < 4.78 is 47.2. The molecule has 1 aliphatic rings. The van der Waals surface area contributed by atoms with Crippen LogP contribution in [0.15, 0.2) is 103 Å². The van der Waals surface area contributed by atoms with Crippen molar-refractivity contribution in [2.24, 2.45) is 0 Å². The van der Waals surface area contributed by atoms with Crippen LogP contribution in [-0.4, -0.2) is 73.1 Å². The van der Waals surface area contributed by atoms with Gasteiger partial charge in [-0.3, -0.25) is 14.6 Å². The average molecular weight is 710 g/mol. The second-order valence-electron chi connectivity index (χ2n) is 12.2. The number of thioether (sulfide) groups is 1. The highest BCUT2D eigenvalue weighted by Gasteiger charge is 2.34. The SMILES string of the molecule is O=C(Cc1cccc(OCCCN(Cc2cccc(C(F)(F)F)c2Cl)CC(c2ccccc2)c2ccccc2)c1)NCCN1CCSCC1. The zero-order valence-corrected chi connectivity index (χ0v) is 29.1. The second kappa shape index (κ2) is 18.5. The van der Waals surface area contributed by atoms with Gasteiger partial charge in [-0.15, -0.1) is 0 Å². The van der Waals surface area contributed by atoms with Gasteiger partial charge in [0.25, 0.3) is 0 Å². The first kappa shape index (κ1) is 36.8. The molecular weight excluding hydrogens is 667 g/mol. The summed E-state index contributed by atoms with van der Waals surface area (Å²) in [5.41, 5.74) is 2.72. The van der Waals surface area contributed by atoms with E-state index in [2.05, 4.69) is 39.4 Å². The average Bonchev–Trinajstić information content (AvgIpc) is 3.10. The Kier molecular flexibility index (Phi) is 13.9. The van der Waals surface area contributed by atoms with Gasteiger partial charge in [0.05, 0.1) is 23.6 Å². The lowest BCUT2D eigenvalue weighted by Crippen LogP contribution is -2.39. The van der Waals surface area contributed by atoms with Crippen LogP contribution in [0.25, 0.3) is 0 Å². The highest BCUT2D eigenvalue weighted by molar-refractivity contribution is 7.99. The van der Waals surface area contributed by atoms with Gasteiger partial charge < -0.3 is 10.1 Å². The van der Waals surface area contributed by atoms with Crippen LogP contribution in [0.4, 0.5) is 13.2 Å². The van der Waals surface area contributed by atoms with Crippen molar-refractivity contribution in [3.8, 4) is 5.75 Å². The first-order chi connectivity index (χ1) is 23.8. The molecule has 5 nitrogen and oxygen atoms in total. The Morgan fingerprint density at radius 1 is 0.918 bits per heavy atom. The fraction of sp³-hybridized carbons (Fsp3) is 0.359.